The predicted octanol–water partition coefficient (Wildman–Crippen LogP) is 8.88. The number of benzene rings is 3. The van der Waals surface area contributed by atoms with E-state index >= 15 is 0 Å². The highest BCUT2D eigenvalue weighted by Gasteiger charge is 2.29. The molecule has 0 aliphatic rings. The molecule has 0 radical (unpaired) electrons. The minimum absolute atomic E-state index is 0.282. The second-order valence-electron chi connectivity index (χ2n) is 10.8. The zero-order valence-corrected chi connectivity index (χ0v) is 26.7. The molecule has 1 N–H and O–H groups in total. The van der Waals surface area contributed by atoms with E-state index in [4.69, 9.17) is 14.6 Å². The van der Waals surface area contributed by atoms with Gasteiger partial charge in [-0.1, -0.05) is 126 Å². The maximum Gasteiger partial charge on any atom is 0.328 e. The molecule has 0 heterocycles. The van der Waals surface area contributed by atoms with Crippen LogP contribution in [0.5, 0.6) is 5.75 Å². The topological polar surface area (TPSA) is 89.9 Å². The Hall–Kier alpha value is -4.03. The molecule has 0 amide bonds. The fraction of sp³-hybridized carbons (Fsp3) is 0.395. The van der Waals surface area contributed by atoms with Gasteiger partial charge in [-0.15, -0.1) is 0 Å². The van der Waals surface area contributed by atoms with Crippen LogP contribution in [0.15, 0.2) is 84.9 Å². The van der Waals surface area contributed by atoms with Gasteiger partial charge in [0.2, 0.25) is 0 Å². The molecule has 236 valence electrons. The lowest BCUT2D eigenvalue weighted by Crippen LogP contribution is -2.33. The van der Waals surface area contributed by atoms with Crippen LogP contribution in [-0.4, -0.2) is 42.5 Å². The predicted molar refractivity (Wildman–Crippen MR) is 177 cm³/mol. The summed E-state index contributed by atoms with van der Waals surface area (Å²) in [6, 6.07) is 23.5. The molecule has 3 aromatic rings. The Morgan fingerprint density at radius 3 is 1.89 bits per heavy atom. The van der Waals surface area contributed by atoms with Crippen LogP contribution in [0.3, 0.4) is 0 Å². The molecular formula is C38H48O6. The fourth-order valence-electron chi connectivity index (χ4n) is 4.80. The van der Waals surface area contributed by atoms with Crippen molar-refractivity contribution in [3.8, 4) is 5.75 Å². The van der Waals surface area contributed by atoms with Crippen molar-refractivity contribution in [2.45, 2.75) is 78.2 Å². The van der Waals surface area contributed by atoms with E-state index in [1.807, 2.05) is 30.3 Å². The normalized spacial score (nSPS) is 11.6. The zero-order valence-electron chi connectivity index (χ0n) is 26.7. The van der Waals surface area contributed by atoms with Crippen LogP contribution in [0.4, 0.5) is 0 Å². The Labute approximate surface area is 263 Å². The molecule has 6 heteroatoms. The molecule has 0 aromatic heterocycles. The third-order valence-corrected chi connectivity index (χ3v) is 7.43. The number of carboxylic acid groups (broad SMARTS) is 1. The van der Waals surface area contributed by atoms with E-state index < -0.39 is 12.1 Å². The number of carbonyl (C=O) groups is 3. The van der Waals surface area contributed by atoms with Crippen LogP contribution in [0, 0.1) is 5.92 Å². The number of hydrogen-bond acceptors (Lipinski definition) is 5. The van der Waals surface area contributed by atoms with Gasteiger partial charge in [0.1, 0.15) is 5.75 Å². The number of Topliss-reactive ketones (excluding diaryl/α,β-unsaturated/α-hetero) is 2. The van der Waals surface area contributed by atoms with Gasteiger partial charge in [-0.3, -0.25) is 9.59 Å². The summed E-state index contributed by atoms with van der Waals surface area (Å²) in [4.78, 5) is 36.1. The molecule has 0 spiro atoms. The number of unbranched alkanes of at least 4 members (excludes halogenated alkanes) is 3. The molecule has 0 bridgehead atoms. The minimum Gasteiger partial charge on any atom is -0.497 e. The maximum atomic E-state index is 12.7. The number of carbonyl (C=O) groups excluding carboxylic acids is 2. The Morgan fingerprint density at radius 1 is 0.795 bits per heavy atom. The molecule has 1 unspecified atom stereocenters. The van der Waals surface area contributed by atoms with Crippen LogP contribution in [-0.2, 0) is 16.0 Å². The molecule has 0 aliphatic carbocycles. The van der Waals surface area contributed by atoms with Crippen molar-refractivity contribution < 1.29 is 29.0 Å². The van der Waals surface area contributed by atoms with Crippen LogP contribution >= 0.6 is 0 Å². The Morgan fingerprint density at radius 2 is 1.39 bits per heavy atom. The van der Waals surface area contributed by atoms with Gasteiger partial charge in [-0.2, -0.15) is 0 Å². The number of ether oxygens (including phenoxy) is 2. The first-order valence-corrected chi connectivity index (χ1v) is 15.7. The highest BCUT2D eigenvalue weighted by atomic mass is 16.5. The van der Waals surface area contributed by atoms with Gasteiger partial charge in [0.25, 0.3) is 0 Å². The summed E-state index contributed by atoms with van der Waals surface area (Å²) < 4.78 is 11.0. The zero-order chi connectivity index (χ0) is 32.2. The van der Waals surface area contributed by atoms with E-state index in [1.165, 1.54) is 25.3 Å². The number of carboxylic acids is 1. The molecule has 3 rings (SSSR count). The third kappa shape index (κ3) is 12.7. The van der Waals surface area contributed by atoms with Crippen molar-refractivity contribution in [3.05, 3.63) is 107 Å². The number of hydrogen-bond donors (Lipinski definition) is 1. The number of ketones is 2. The molecular weight excluding hydrogens is 552 g/mol. The first-order chi connectivity index (χ1) is 21.3. The van der Waals surface area contributed by atoms with E-state index in [1.54, 1.807) is 61.7 Å². The lowest BCUT2D eigenvalue weighted by Gasteiger charge is -2.17. The first kappa shape index (κ1) is 36.2. The average molecular weight is 601 g/mol. The van der Waals surface area contributed by atoms with Crippen molar-refractivity contribution in [3.63, 3.8) is 0 Å². The Kier molecular flexibility index (Phi) is 17.1. The van der Waals surface area contributed by atoms with Gasteiger partial charge < -0.3 is 14.6 Å². The summed E-state index contributed by atoms with van der Waals surface area (Å²) in [6.07, 6.45) is 10.5. The fourth-order valence-corrected chi connectivity index (χ4v) is 4.80. The van der Waals surface area contributed by atoms with Crippen LogP contribution < -0.4 is 4.74 Å². The number of methoxy groups -OCH3 is 1. The summed E-state index contributed by atoms with van der Waals surface area (Å²) in [5.41, 5.74) is 3.12. The quantitative estimate of drug-likeness (QED) is 0.0679. The van der Waals surface area contributed by atoms with Crippen molar-refractivity contribution in [1.82, 2.24) is 0 Å². The Bertz CT molecular complexity index is 1250. The maximum absolute atomic E-state index is 12.7. The van der Waals surface area contributed by atoms with Crippen LogP contribution in [0.1, 0.15) is 97.6 Å². The molecule has 0 saturated heterocycles. The summed E-state index contributed by atoms with van der Waals surface area (Å²) in [5, 5.41) is 8.80. The van der Waals surface area contributed by atoms with Crippen molar-refractivity contribution in [1.29, 1.82) is 0 Å². The lowest BCUT2D eigenvalue weighted by atomic mass is 9.89. The van der Waals surface area contributed by atoms with Gasteiger partial charge in [0.05, 0.1) is 7.11 Å². The summed E-state index contributed by atoms with van der Waals surface area (Å²) >= 11 is 0. The summed E-state index contributed by atoms with van der Waals surface area (Å²) in [5.74, 6) is -0.0291. The molecule has 0 aliphatic heterocycles. The highest BCUT2D eigenvalue weighted by molar-refractivity contribution is 6.18. The first-order valence-electron chi connectivity index (χ1n) is 15.7. The second kappa shape index (κ2) is 20.8. The Balaban J connectivity index is 0.000000308. The third-order valence-electron chi connectivity index (χ3n) is 7.43. The standard InChI is InChI=1S/C20H22O3.C18H26O3/c1-2-3-10-15-23-20(18(21)16-11-6-4-7-12-16)19(22)17-13-8-5-9-14-17;1-4-6-7-14(5-2)12-16-13-17(21-3)10-8-15(16)9-11-18(19)20/h4-9,11-14,20H,2-3,10,15H2,1H3;8-11,13-14H,4-7,12H2,1-3H3,(H,19,20). The van der Waals surface area contributed by atoms with Gasteiger partial charge >= 0.3 is 5.97 Å². The summed E-state index contributed by atoms with van der Waals surface area (Å²) in [6.45, 7) is 6.93. The molecule has 44 heavy (non-hydrogen) atoms. The van der Waals surface area contributed by atoms with Gasteiger partial charge in [-0.25, -0.2) is 4.79 Å². The molecule has 6 nitrogen and oxygen atoms in total. The van der Waals surface area contributed by atoms with Gasteiger partial charge in [0.15, 0.2) is 17.7 Å². The van der Waals surface area contributed by atoms with E-state index in [0.717, 1.165) is 49.0 Å². The second-order valence-corrected chi connectivity index (χ2v) is 10.8. The lowest BCUT2D eigenvalue weighted by molar-refractivity contribution is -0.131. The monoisotopic (exact) mass is 600 g/mol. The molecule has 0 saturated carbocycles. The van der Waals surface area contributed by atoms with Gasteiger partial charge in [0, 0.05) is 23.8 Å². The number of aliphatic carboxylic acids is 1. The molecule has 3 aromatic carbocycles. The van der Waals surface area contributed by atoms with Crippen molar-refractivity contribution in [2.75, 3.05) is 13.7 Å². The van der Waals surface area contributed by atoms with E-state index in [9.17, 15) is 14.4 Å². The highest BCUT2D eigenvalue weighted by Crippen LogP contribution is 2.25. The van der Waals surface area contributed by atoms with Crippen molar-refractivity contribution >= 4 is 23.6 Å². The van der Waals surface area contributed by atoms with Crippen LogP contribution in [0.2, 0.25) is 0 Å². The smallest absolute Gasteiger partial charge is 0.328 e. The van der Waals surface area contributed by atoms with Crippen LogP contribution in [0.25, 0.3) is 6.08 Å². The molecule has 1 atom stereocenters. The van der Waals surface area contributed by atoms with E-state index in [0.29, 0.717) is 23.7 Å². The SMILES string of the molecule is CCCCC(CC)Cc1cc(OC)ccc1C=CC(=O)O.CCCCCOC(C(=O)c1ccccc1)C(=O)c1ccccc1. The van der Waals surface area contributed by atoms with E-state index in [2.05, 4.69) is 20.8 Å². The molecule has 0 fully saturated rings. The summed E-state index contributed by atoms with van der Waals surface area (Å²) in [7, 11) is 1.65. The minimum atomic E-state index is -1.07. The van der Waals surface area contributed by atoms with Gasteiger partial charge in [-0.05, 0) is 48.1 Å². The van der Waals surface area contributed by atoms with Crippen molar-refractivity contribution in [2.24, 2.45) is 5.92 Å². The van der Waals surface area contributed by atoms with E-state index in [-0.39, 0.29) is 11.6 Å². The largest absolute Gasteiger partial charge is 0.497 e. The average Bonchev–Trinajstić information content (AvgIpc) is 3.06. The number of rotatable bonds is 18.